The smallest absolute Gasteiger partial charge is 0.262 e. The van der Waals surface area contributed by atoms with Gasteiger partial charge in [-0.05, 0) is 31.6 Å². The minimum absolute atomic E-state index is 0.0668. The van der Waals surface area contributed by atoms with Gasteiger partial charge in [0.15, 0.2) is 10.8 Å². The van der Waals surface area contributed by atoms with Gasteiger partial charge in [0.25, 0.3) is 10.0 Å². The van der Waals surface area contributed by atoms with Gasteiger partial charge >= 0.3 is 0 Å². The lowest BCUT2D eigenvalue weighted by atomic mass is 9.85. The zero-order chi connectivity index (χ0) is 14.9. The molecule has 1 aliphatic rings. The lowest BCUT2D eigenvalue weighted by molar-refractivity contribution is 0.232. The molecular weight excluding hydrogens is 276 g/mol. The first-order chi connectivity index (χ1) is 9.37. The highest BCUT2D eigenvalue weighted by atomic mass is 32.2. The molecule has 6 nitrogen and oxygen atoms in total. The summed E-state index contributed by atoms with van der Waals surface area (Å²) in [7, 11) is -0.270. The Morgan fingerprint density at radius 2 is 2.00 bits per heavy atom. The van der Waals surface area contributed by atoms with E-state index in [1.807, 2.05) is 0 Å². The summed E-state index contributed by atoms with van der Waals surface area (Å²) < 4.78 is 28.3. The van der Waals surface area contributed by atoms with Gasteiger partial charge < -0.3 is 10.3 Å². The molecule has 0 saturated heterocycles. The number of sulfonamides is 1. The van der Waals surface area contributed by atoms with Gasteiger partial charge in [0.2, 0.25) is 0 Å². The van der Waals surface area contributed by atoms with Crippen LogP contribution >= 0.6 is 0 Å². The van der Waals surface area contributed by atoms with E-state index in [-0.39, 0.29) is 16.9 Å². The molecule has 0 bridgehead atoms. The van der Waals surface area contributed by atoms with Gasteiger partial charge in [0, 0.05) is 20.1 Å². The van der Waals surface area contributed by atoms with Gasteiger partial charge in [-0.2, -0.15) is 4.31 Å². The molecule has 0 aliphatic heterocycles. The number of hydrogen-bond acceptors (Lipinski definition) is 4. The molecule has 1 fully saturated rings. The Kier molecular flexibility index (Phi) is 4.39. The molecule has 0 amide bonds. The molecule has 2 rings (SSSR count). The molecule has 20 heavy (non-hydrogen) atoms. The van der Waals surface area contributed by atoms with Crippen LogP contribution < -0.4 is 5.73 Å². The first kappa shape index (κ1) is 15.3. The van der Waals surface area contributed by atoms with Gasteiger partial charge in [-0.25, -0.2) is 13.4 Å². The van der Waals surface area contributed by atoms with E-state index in [9.17, 15) is 8.42 Å². The van der Waals surface area contributed by atoms with Crippen LogP contribution in [0.3, 0.4) is 0 Å². The molecule has 7 heteroatoms. The van der Waals surface area contributed by atoms with E-state index in [1.165, 1.54) is 21.6 Å². The van der Waals surface area contributed by atoms with Crippen molar-refractivity contribution in [3.8, 4) is 0 Å². The summed E-state index contributed by atoms with van der Waals surface area (Å²) in [5.41, 5.74) is 5.70. The summed E-state index contributed by atoms with van der Waals surface area (Å²) in [6, 6.07) is 0.0668. The monoisotopic (exact) mass is 300 g/mol. The van der Waals surface area contributed by atoms with E-state index in [0.29, 0.717) is 0 Å². The zero-order valence-electron chi connectivity index (χ0n) is 12.4. The third-order valence-corrected chi connectivity index (χ3v) is 6.48. The minimum Gasteiger partial charge on any atom is -0.381 e. The number of imidazole rings is 1. The van der Waals surface area contributed by atoms with Crippen molar-refractivity contribution in [3.05, 3.63) is 6.33 Å². The average molecular weight is 300 g/mol. The first-order valence-corrected chi connectivity index (χ1v) is 8.56. The van der Waals surface area contributed by atoms with Gasteiger partial charge in [-0.3, -0.25) is 0 Å². The fraction of sp³-hybridized carbons (Fsp3) is 0.769. The Morgan fingerprint density at radius 1 is 1.40 bits per heavy atom. The van der Waals surface area contributed by atoms with Crippen molar-refractivity contribution < 1.29 is 8.42 Å². The Hall–Kier alpha value is -1.08. The van der Waals surface area contributed by atoms with E-state index in [2.05, 4.69) is 11.9 Å². The number of nitrogens with zero attached hydrogens (tertiary/aromatic N) is 3. The highest BCUT2D eigenvalue weighted by molar-refractivity contribution is 7.89. The Labute approximate surface area is 121 Å². The minimum atomic E-state index is -3.57. The topological polar surface area (TPSA) is 81.2 Å². The van der Waals surface area contributed by atoms with Crippen molar-refractivity contribution in [2.24, 2.45) is 13.0 Å². The van der Waals surface area contributed by atoms with Gasteiger partial charge in [0.1, 0.15) is 0 Å². The molecule has 1 aliphatic carbocycles. The predicted octanol–water partition coefficient (Wildman–Crippen LogP) is 1.59. The lowest BCUT2D eigenvalue weighted by Crippen LogP contribution is -2.40. The number of aryl methyl sites for hydroxylation is 1. The summed E-state index contributed by atoms with van der Waals surface area (Å²) >= 11 is 0. The second kappa shape index (κ2) is 5.73. The normalized spacial score (nSPS) is 24.2. The van der Waals surface area contributed by atoms with E-state index < -0.39 is 10.0 Å². The molecule has 1 saturated carbocycles. The van der Waals surface area contributed by atoms with Crippen LogP contribution in [0.15, 0.2) is 11.4 Å². The molecular formula is C13H24N4O2S. The summed E-state index contributed by atoms with van der Waals surface area (Å²) in [6.45, 7) is 2.20. The van der Waals surface area contributed by atoms with E-state index in [4.69, 9.17) is 5.73 Å². The number of rotatable bonds is 4. The summed E-state index contributed by atoms with van der Waals surface area (Å²) in [5.74, 6) is 0.811. The third kappa shape index (κ3) is 2.69. The summed E-state index contributed by atoms with van der Waals surface area (Å²) in [5, 5.41) is 0.0950. The second-order valence-corrected chi connectivity index (χ2v) is 7.56. The molecule has 0 radical (unpaired) electrons. The number of anilines is 1. The van der Waals surface area contributed by atoms with Crippen LogP contribution in [0.5, 0.6) is 0 Å². The van der Waals surface area contributed by atoms with Crippen LogP contribution in [0.4, 0.5) is 5.82 Å². The van der Waals surface area contributed by atoms with Crippen LogP contribution in [0.2, 0.25) is 0 Å². The zero-order valence-corrected chi connectivity index (χ0v) is 13.2. The molecule has 0 unspecified atom stereocenters. The first-order valence-electron chi connectivity index (χ1n) is 7.12. The number of nitrogen functional groups attached to an aromatic ring is 1. The van der Waals surface area contributed by atoms with Crippen molar-refractivity contribution in [3.63, 3.8) is 0 Å². The van der Waals surface area contributed by atoms with Crippen LogP contribution in [0, 0.1) is 5.92 Å². The van der Waals surface area contributed by atoms with Gasteiger partial charge in [0.05, 0.1) is 6.33 Å². The fourth-order valence-electron chi connectivity index (χ4n) is 3.00. The fourth-order valence-corrected chi connectivity index (χ4v) is 4.60. The Bertz CT molecular complexity index is 539. The molecule has 114 valence electrons. The van der Waals surface area contributed by atoms with Crippen LogP contribution in [0.1, 0.15) is 39.0 Å². The highest BCUT2D eigenvalue weighted by Gasteiger charge is 2.34. The van der Waals surface area contributed by atoms with Crippen LogP contribution in [0.25, 0.3) is 0 Å². The average Bonchev–Trinajstić information content (AvgIpc) is 2.78. The van der Waals surface area contributed by atoms with E-state index in [0.717, 1.165) is 31.6 Å². The van der Waals surface area contributed by atoms with Crippen molar-refractivity contribution in [1.82, 2.24) is 13.9 Å². The molecule has 2 N–H and O–H groups in total. The van der Waals surface area contributed by atoms with Crippen molar-refractivity contribution >= 4 is 15.8 Å². The molecule has 0 atom stereocenters. The number of aromatic nitrogens is 2. The highest BCUT2D eigenvalue weighted by Crippen LogP contribution is 2.32. The standard InChI is InChI=1S/C13H24N4O2S/c1-4-10-5-7-11(8-6-10)17(3)20(18,19)13-12(14)15-9-16(13)2/h9-11H,4-8,14H2,1-3H3. The van der Waals surface area contributed by atoms with Crippen molar-refractivity contribution in [2.45, 2.75) is 50.1 Å². The van der Waals surface area contributed by atoms with Crippen LogP contribution in [-0.4, -0.2) is 35.4 Å². The quantitative estimate of drug-likeness (QED) is 0.915. The molecule has 1 heterocycles. The Balaban J connectivity index is 2.18. The molecule has 1 aromatic rings. The van der Waals surface area contributed by atoms with Gasteiger partial charge in [-0.1, -0.05) is 13.3 Å². The summed E-state index contributed by atoms with van der Waals surface area (Å²) in [4.78, 5) is 3.87. The van der Waals surface area contributed by atoms with Crippen molar-refractivity contribution in [1.29, 1.82) is 0 Å². The van der Waals surface area contributed by atoms with E-state index in [1.54, 1.807) is 14.1 Å². The maximum Gasteiger partial charge on any atom is 0.262 e. The molecule has 1 aromatic heterocycles. The predicted molar refractivity (Wildman–Crippen MR) is 78.6 cm³/mol. The summed E-state index contributed by atoms with van der Waals surface area (Å²) in [6.07, 6.45) is 6.66. The molecule has 0 spiro atoms. The molecule has 0 aromatic carbocycles. The maximum atomic E-state index is 12.7. The number of nitrogens with two attached hydrogens (primary N) is 1. The van der Waals surface area contributed by atoms with Crippen LogP contribution in [-0.2, 0) is 17.1 Å². The Morgan fingerprint density at radius 3 is 2.45 bits per heavy atom. The van der Waals surface area contributed by atoms with E-state index >= 15 is 0 Å². The second-order valence-electron chi connectivity index (χ2n) is 5.65. The lowest BCUT2D eigenvalue weighted by Gasteiger charge is -2.33. The van der Waals surface area contributed by atoms with Gasteiger partial charge in [-0.15, -0.1) is 0 Å². The number of hydrogen-bond donors (Lipinski definition) is 1. The van der Waals surface area contributed by atoms with Crippen molar-refractivity contribution in [2.75, 3.05) is 12.8 Å². The SMILES string of the molecule is CCC1CCC(N(C)S(=O)(=O)c2c(N)ncn2C)CC1. The largest absolute Gasteiger partial charge is 0.381 e. The maximum absolute atomic E-state index is 12.7. The third-order valence-electron chi connectivity index (χ3n) is 4.44.